The van der Waals surface area contributed by atoms with Gasteiger partial charge in [-0.3, -0.25) is 10.1 Å². The molecule has 0 fully saturated rings. The molecule has 11 heavy (non-hydrogen) atoms. The van der Waals surface area contributed by atoms with Crippen LogP contribution in [0.5, 0.6) is 0 Å². The maximum absolute atomic E-state index is 11.0. The highest BCUT2D eigenvalue weighted by molar-refractivity contribution is 5.84. The first-order valence-electron chi connectivity index (χ1n) is 3.37. The zero-order chi connectivity index (χ0) is 9.07. The molecule has 0 heterocycles. The van der Waals surface area contributed by atoms with Gasteiger partial charge in [0, 0.05) is 12.6 Å². The maximum atomic E-state index is 11.0. The van der Waals surface area contributed by atoms with Crippen molar-refractivity contribution in [2.45, 2.75) is 26.3 Å². The summed E-state index contributed by atoms with van der Waals surface area (Å²) in [6.07, 6.45) is 0.380. The van der Waals surface area contributed by atoms with Gasteiger partial charge in [-0.05, 0) is 20.8 Å². The topological polar surface area (TPSA) is 49.4 Å². The van der Waals surface area contributed by atoms with Gasteiger partial charge < -0.3 is 4.90 Å². The molecule has 0 radical (unpaired) electrons. The highest BCUT2D eigenvalue weighted by Gasteiger charge is 2.21. The van der Waals surface area contributed by atoms with Crippen molar-refractivity contribution in [1.82, 2.24) is 10.2 Å². The standard InChI is InChI=1S/C7H14N2O2/c1-7(2,3)9(4)6(11)8-5-10/h5H,1-4H3,(H,8,10,11). The van der Waals surface area contributed by atoms with Gasteiger partial charge in [-0.1, -0.05) is 0 Å². The van der Waals surface area contributed by atoms with E-state index in [1.54, 1.807) is 7.05 Å². The van der Waals surface area contributed by atoms with Gasteiger partial charge in [-0.25, -0.2) is 4.79 Å². The van der Waals surface area contributed by atoms with E-state index in [0.717, 1.165) is 0 Å². The molecular weight excluding hydrogens is 144 g/mol. The van der Waals surface area contributed by atoms with Crippen molar-refractivity contribution in [3.63, 3.8) is 0 Å². The highest BCUT2D eigenvalue weighted by Crippen LogP contribution is 2.09. The van der Waals surface area contributed by atoms with Crippen LogP contribution in [0.15, 0.2) is 0 Å². The molecule has 0 spiro atoms. The van der Waals surface area contributed by atoms with E-state index in [1.165, 1.54) is 4.90 Å². The minimum absolute atomic E-state index is 0.257. The van der Waals surface area contributed by atoms with E-state index in [9.17, 15) is 9.59 Å². The van der Waals surface area contributed by atoms with Crippen LogP contribution in [0.3, 0.4) is 0 Å². The first-order chi connectivity index (χ1) is 4.89. The smallest absolute Gasteiger partial charge is 0.323 e. The zero-order valence-corrected chi connectivity index (χ0v) is 7.34. The summed E-state index contributed by atoms with van der Waals surface area (Å²) in [5.41, 5.74) is -0.257. The maximum Gasteiger partial charge on any atom is 0.324 e. The van der Waals surface area contributed by atoms with E-state index >= 15 is 0 Å². The molecule has 0 saturated carbocycles. The van der Waals surface area contributed by atoms with Crippen molar-refractivity contribution < 1.29 is 9.59 Å². The lowest BCUT2D eigenvalue weighted by Gasteiger charge is -2.30. The van der Waals surface area contributed by atoms with E-state index < -0.39 is 0 Å². The number of amides is 3. The van der Waals surface area contributed by atoms with Crippen LogP contribution >= 0.6 is 0 Å². The fourth-order valence-corrected chi connectivity index (χ4v) is 0.452. The minimum Gasteiger partial charge on any atom is -0.323 e. The molecule has 3 amide bonds. The Bertz CT molecular complexity index is 160. The Labute approximate surface area is 66.6 Å². The number of nitrogens with zero attached hydrogens (tertiary/aromatic N) is 1. The molecule has 0 bridgehead atoms. The molecule has 0 aliphatic carbocycles. The van der Waals surface area contributed by atoms with Crippen molar-refractivity contribution >= 4 is 12.4 Å². The van der Waals surface area contributed by atoms with Gasteiger partial charge in [0.1, 0.15) is 0 Å². The second-order valence-corrected chi connectivity index (χ2v) is 3.30. The lowest BCUT2D eigenvalue weighted by molar-refractivity contribution is -0.108. The Morgan fingerprint density at radius 2 is 1.91 bits per heavy atom. The van der Waals surface area contributed by atoms with E-state index in [4.69, 9.17) is 0 Å². The molecule has 0 aliphatic rings. The molecule has 0 aliphatic heterocycles. The first-order valence-corrected chi connectivity index (χ1v) is 3.37. The van der Waals surface area contributed by atoms with Gasteiger partial charge in [-0.2, -0.15) is 0 Å². The van der Waals surface area contributed by atoms with Crippen LogP contribution in [-0.2, 0) is 4.79 Å². The quantitative estimate of drug-likeness (QED) is 0.567. The first kappa shape index (κ1) is 9.94. The molecule has 0 saturated heterocycles. The van der Waals surface area contributed by atoms with Crippen LogP contribution in [0.4, 0.5) is 4.79 Å². The van der Waals surface area contributed by atoms with Crippen LogP contribution in [-0.4, -0.2) is 29.9 Å². The van der Waals surface area contributed by atoms with E-state index in [0.29, 0.717) is 6.41 Å². The average Bonchev–Trinajstić information content (AvgIpc) is 1.85. The summed E-state index contributed by atoms with van der Waals surface area (Å²) >= 11 is 0. The van der Waals surface area contributed by atoms with Gasteiger partial charge >= 0.3 is 6.03 Å². The second-order valence-electron chi connectivity index (χ2n) is 3.30. The molecule has 0 unspecified atom stereocenters. The molecule has 1 N–H and O–H groups in total. The summed E-state index contributed by atoms with van der Waals surface area (Å²) in [5, 5.41) is 2.06. The average molecular weight is 158 g/mol. The Morgan fingerprint density at radius 1 is 1.45 bits per heavy atom. The number of nitrogens with one attached hydrogen (secondary N) is 1. The molecule has 0 atom stereocenters. The van der Waals surface area contributed by atoms with Crippen molar-refractivity contribution in [3.8, 4) is 0 Å². The monoisotopic (exact) mass is 158 g/mol. The van der Waals surface area contributed by atoms with Crippen molar-refractivity contribution in [2.75, 3.05) is 7.05 Å². The van der Waals surface area contributed by atoms with Gasteiger partial charge in [0.2, 0.25) is 6.41 Å². The van der Waals surface area contributed by atoms with Crippen LogP contribution in [0.25, 0.3) is 0 Å². The van der Waals surface area contributed by atoms with Crippen molar-refractivity contribution in [3.05, 3.63) is 0 Å². The fourth-order valence-electron chi connectivity index (χ4n) is 0.452. The highest BCUT2D eigenvalue weighted by atomic mass is 16.2. The third kappa shape index (κ3) is 3.02. The molecule has 4 nitrogen and oxygen atoms in total. The largest absolute Gasteiger partial charge is 0.324 e. The summed E-state index contributed by atoms with van der Waals surface area (Å²) < 4.78 is 0. The van der Waals surface area contributed by atoms with E-state index in [2.05, 4.69) is 5.32 Å². The summed E-state index contributed by atoms with van der Waals surface area (Å²) in [6, 6.07) is -0.382. The number of urea groups is 1. The second kappa shape index (κ2) is 3.37. The third-order valence-corrected chi connectivity index (χ3v) is 1.49. The Morgan fingerprint density at radius 3 is 2.18 bits per heavy atom. The number of hydrogen-bond acceptors (Lipinski definition) is 2. The SMILES string of the molecule is CN(C(=O)NC=O)C(C)(C)C. The number of imide groups is 1. The van der Waals surface area contributed by atoms with Crippen LogP contribution < -0.4 is 5.32 Å². The number of hydrogen-bond donors (Lipinski definition) is 1. The summed E-state index contributed by atoms with van der Waals surface area (Å²) in [4.78, 5) is 22.3. The number of rotatable bonds is 1. The lowest BCUT2D eigenvalue weighted by atomic mass is 10.1. The Hall–Kier alpha value is -1.06. The summed E-state index contributed by atoms with van der Waals surface area (Å²) in [5.74, 6) is 0. The zero-order valence-electron chi connectivity index (χ0n) is 7.34. The number of carbonyl (C=O) groups excluding carboxylic acids is 2. The molecule has 0 aromatic heterocycles. The van der Waals surface area contributed by atoms with Crippen molar-refractivity contribution in [2.24, 2.45) is 0 Å². The minimum atomic E-state index is -0.382. The normalized spacial score (nSPS) is 10.5. The van der Waals surface area contributed by atoms with E-state index in [-0.39, 0.29) is 11.6 Å². The molecule has 4 heteroatoms. The predicted octanol–water partition coefficient (Wildman–Crippen LogP) is 0.583. The van der Waals surface area contributed by atoms with Gasteiger partial charge in [-0.15, -0.1) is 0 Å². The Balaban J connectivity index is 4.13. The molecule has 0 aromatic carbocycles. The fraction of sp³-hybridized carbons (Fsp3) is 0.714. The van der Waals surface area contributed by atoms with Crippen molar-refractivity contribution in [1.29, 1.82) is 0 Å². The number of carbonyl (C=O) groups is 2. The van der Waals surface area contributed by atoms with Crippen LogP contribution in [0.2, 0.25) is 0 Å². The van der Waals surface area contributed by atoms with Gasteiger partial charge in [0.15, 0.2) is 0 Å². The Kier molecular flexibility index (Phi) is 3.04. The lowest BCUT2D eigenvalue weighted by Crippen LogP contribution is -2.47. The van der Waals surface area contributed by atoms with E-state index in [1.807, 2.05) is 20.8 Å². The van der Waals surface area contributed by atoms with Gasteiger partial charge in [0.05, 0.1) is 0 Å². The molecule has 64 valence electrons. The van der Waals surface area contributed by atoms with Crippen LogP contribution in [0.1, 0.15) is 20.8 Å². The predicted molar refractivity (Wildman–Crippen MR) is 42.1 cm³/mol. The summed E-state index contributed by atoms with van der Waals surface area (Å²) in [7, 11) is 1.64. The van der Waals surface area contributed by atoms with Crippen LogP contribution in [0, 0.1) is 0 Å². The molecular formula is C7H14N2O2. The summed E-state index contributed by atoms with van der Waals surface area (Å²) in [6.45, 7) is 5.66. The molecule has 0 aromatic rings. The third-order valence-electron chi connectivity index (χ3n) is 1.49. The van der Waals surface area contributed by atoms with Gasteiger partial charge in [0.25, 0.3) is 0 Å². The molecule has 0 rings (SSSR count).